The van der Waals surface area contributed by atoms with Crippen molar-refractivity contribution in [2.24, 2.45) is 5.41 Å². The van der Waals surface area contributed by atoms with E-state index in [0.29, 0.717) is 13.2 Å². The summed E-state index contributed by atoms with van der Waals surface area (Å²) in [6, 6.07) is 4.09. The van der Waals surface area contributed by atoms with Crippen LogP contribution >= 0.6 is 11.6 Å². The first kappa shape index (κ1) is 15.5. The minimum atomic E-state index is 0.109. The number of fused-ring (bicyclic) bond motifs is 1. The smallest absolute Gasteiger partial charge is 0.162 e. The Morgan fingerprint density at radius 1 is 1.25 bits per heavy atom. The second kappa shape index (κ2) is 6.23. The fourth-order valence-corrected chi connectivity index (χ4v) is 2.85. The zero-order chi connectivity index (χ0) is 14.8. The highest BCUT2D eigenvalue weighted by atomic mass is 35.5. The Morgan fingerprint density at radius 2 is 1.85 bits per heavy atom. The maximum atomic E-state index is 6.48. The van der Waals surface area contributed by atoms with Crippen LogP contribution in [0, 0.1) is 5.41 Å². The van der Waals surface area contributed by atoms with Crippen molar-refractivity contribution >= 4 is 11.6 Å². The second-order valence-corrected chi connectivity index (χ2v) is 6.34. The summed E-state index contributed by atoms with van der Waals surface area (Å²) in [5.41, 5.74) is 1.18. The Morgan fingerprint density at radius 3 is 2.40 bits per heavy atom. The van der Waals surface area contributed by atoms with Crippen LogP contribution in [0.1, 0.15) is 45.2 Å². The molecule has 20 heavy (non-hydrogen) atoms. The molecule has 0 fully saturated rings. The van der Waals surface area contributed by atoms with Crippen molar-refractivity contribution in [3.05, 3.63) is 22.7 Å². The summed E-state index contributed by atoms with van der Waals surface area (Å²) in [5, 5.41) is 4.12. The predicted octanol–water partition coefficient (Wildman–Crippen LogP) is 4.20. The van der Waals surface area contributed by atoms with Gasteiger partial charge >= 0.3 is 0 Å². The third-order valence-corrected chi connectivity index (χ3v) is 4.49. The summed E-state index contributed by atoms with van der Waals surface area (Å²) in [4.78, 5) is 0. The number of halogens is 1. The second-order valence-electron chi connectivity index (χ2n) is 5.93. The largest absolute Gasteiger partial charge is 0.490 e. The van der Waals surface area contributed by atoms with Gasteiger partial charge in [-0.1, -0.05) is 32.4 Å². The van der Waals surface area contributed by atoms with Gasteiger partial charge in [-0.25, -0.2) is 0 Å². The number of hydrogen-bond acceptors (Lipinski definition) is 3. The number of nitrogens with one attached hydrogen (secondary N) is 1. The molecule has 0 aliphatic carbocycles. The highest BCUT2D eigenvalue weighted by molar-refractivity contribution is 6.31. The molecule has 1 N–H and O–H groups in total. The Hall–Kier alpha value is -0.930. The molecule has 1 heterocycles. The van der Waals surface area contributed by atoms with Gasteiger partial charge in [0.15, 0.2) is 11.5 Å². The molecule has 1 aromatic carbocycles. The van der Waals surface area contributed by atoms with Crippen molar-refractivity contribution in [1.82, 2.24) is 5.32 Å². The molecular weight excluding hydrogens is 274 g/mol. The van der Waals surface area contributed by atoms with Gasteiger partial charge in [-0.15, -0.1) is 0 Å². The van der Waals surface area contributed by atoms with E-state index in [1.807, 2.05) is 19.2 Å². The maximum absolute atomic E-state index is 6.48. The van der Waals surface area contributed by atoms with Gasteiger partial charge in [-0.05, 0) is 30.5 Å². The lowest BCUT2D eigenvalue weighted by Crippen LogP contribution is -2.31. The van der Waals surface area contributed by atoms with Gasteiger partial charge < -0.3 is 14.8 Å². The lowest BCUT2D eigenvalue weighted by molar-refractivity contribution is 0.244. The average molecular weight is 298 g/mol. The highest BCUT2D eigenvalue weighted by Crippen LogP contribution is 2.43. The number of rotatable bonds is 4. The summed E-state index contributed by atoms with van der Waals surface area (Å²) in [6.07, 6.45) is 1.96. The molecule has 2 rings (SSSR count). The van der Waals surface area contributed by atoms with Crippen molar-refractivity contribution in [1.29, 1.82) is 0 Å². The SMILES string of the molecule is CCC(C)(C)C(NC)c1cc2c(cc1Cl)OCCCO2. The molecule has 0 saturated carbocycles. The lowest BCUT2D eigenvalue weighted by Gasteiger charge is -2.34. The van der Waals surface area contributed by atoms with E-state index in [9.17, 15) is 0 Å². The minimum absolute atomic E-state index is 0.109. The molecule has 0 saturated heterocycles. The van der Waals surface area contributed by atoms with Crippen LogP contribution in [-0.2, 0) is 0 Å². The van der Waals surface area contributed by atoms with Gasteiger partial charge in [0.25, 0.3) is 0 Å². The Balaban J connectivity index is 2.43. The van der Waals surface area contributed by atoms with E-state index in [2.05, 4.69) is 26.1 Å². The zero-order valence-electron chi connectivity index (χ0n) is 12.8. The lowest BCUT2D eigenvalue weighted by atomic mass is 9.78. The van der Waals surface area contributed by atoms with Crippen LogP contribution in [0.4, 0.5) is 0 Å². The third kappa shape index (κ3) is 3.04. The third-order valence-electron chi connectivity index (χ3n) is 4.16. The summed E-state index contributed by atoms with van der Waals surface area (Å²) < 4.78 is 11.5. The Bertz CT molecular complexity index is 474. The average Bonchev–Trinajstić information content (AvgIpc) is 2.64. The van der Waals surface area contributed by atoms with Crippen LogP contribution in [0.5, 0.6) is 11.5 Å². The van der Waals surface area contributed by atoms with Crippen LogP contribution in [-0.4, -0.2) is 20.3 Å². The van der Waals surface area contributed by atoms with E-state index in [1.54, 1.807) is 0 Å². The Labute approximate surface area is 126 Å². The molecule has 1 aromatic rings. The van der Waals surface area contributed by atoms with Gasteiger partial charge in [-0.3, -0.25) is 0 Å². The maximum Gasteiger partial charge on any atom is 0.162 e. The fraction of sp³-hybridized carbons (Fsp3) is 0.625. The van der Waals surface area contributed by atoms with E-state index in [4.69, 9.17) is 21.1 Å². The first-order chi connectivity index (χ1) is 9.49. The first-order valence-electron chi connectivity index (χ1n) is 7.26. The number of ether oxygens (including phenoxy) is 2. The molecule has 3 nitrogen and oxygen atoms in total. The van der Waals surface area contributed by atoms with Gasteiger partial charge in [0, 0.05) is 23.6 Å². The Kier molecular flexibility index (Phi) is 4.82. The van der Waals surface area contributed by atoms with E-state index in [0.717, 1.165) is 34.9 Å². The van der Waals surface area contributed by atoms with Crippen molar-refractivity contribution < 1.29 is 9.47 Å². The van der Waals surface area contributed by atoms with E-state index in [-0.39, 0.29) is 11.5 Å². The molecule has 4 heteroatoms. The molecule has 0 bridgehead atoms. The number of benzene rings is 1. The van der Waals surface area contributed by atoms with Crippen LogP contribution in [0.3, 0.4) is 0 Å². The highest BCUT2D eigenvalue weighted by Gasteiger charge is 2.30. The fourth-order valence-electron chi connectivity index (χ4n) is 2.59. The molecule has 1 unspecified atom stereocenters. The van der Waals surface area contributed by atoms with Crippen molar-refractivity contribution in [3.63, 3.8) is 0 Å². The van der Waals surface area contributed by atoms with E-state index < -0.39 is 0 Å². The zero-order valence-corrected chi connectivity index (χ0v) is 13.5. The van der Waals surface area contributed by atoms with Crippen LogP contribution in [0.2, 0.25) is 5.02 Å². The normalized spacial score (nSPS) is 16.6. The summed E-state index contributed by atoms with van der Waals surface area (Å²) >= 11 is 6.48. The molecule has 1 aliphatic rings. The molecule has 0 amide bonds. The molecule has 0 aromatic heterocycles. The van der Waals surface area contributed by atoms with Gasteiger partial charge in [-0.2, -0.15) is 0 Å². The molecule has 1 atom stereocenters. The standard InChI is InChI=1S/C16H24ClNO2/c1-5-16(2,3)15(18-4)11-9-13-14(10-12(11)17)20-8-6-7-19-13/h9-10,15,18H,5-8H2,1-4H3. The molecule has 0 spiro atoms. The van der Waals surface area contributed by atoms with Gasteiger partial charge in [0.05, 0.1) is 13.2 Å². The minimum Gasteiger partial charge on any atom is -0.490 e. The van der Waals surface area contributed by atoms with Gasteiger partial charge in [0.1, 0.15) is 0 Å². The van der Waals surface area contributed by atoms with E-state index in [1.165, 1.54) is 0 Å². The monoisotopic (exact) mass is 297 g/mol. The molecular formula is C16H24ClNO2. The topological polar surface area (TPSA) is 30.5 Å². The first-order valence-corrected chi connectivity index (χ1v) is 7.63. The summed E-state index contributed by atoms with van der Waals surface area (Å²) in [7, 11) is 1.97. The van der Waals surface area contributed by atoms with Crippen LogP contribution in [0.15, 0.2) is 12.1 Å². The predicted molar refractivity (Wildman–Crippen MR) is 82.9 cm³/mol. The van der Waals surface area contributed by atoms with Gasteiger partial charge in [0.2, 0.25) is 0 Å². The van der Waals surface area contributed by atoms with Crippen molar-refractivity contribution in [2.45, 2.75) is 39.7 Å². The van der Waals surface area contributed by atoms with Crippen LogP contribution in [0.25, 0.3) is 0 Å². The molecule has 112 valence electrons. The summed E-state index contributed by atoms with van der Waals surface area (Å²) in [6.45, 7) is 8.05. The van der Waals surface area contributed by atoms with E-state index >= 15 is 0 Å². The van der Waals surface area contributed by atoms with Crippen molar-refractivity contribution in [2.75, 3.05) is 20.3 Å². The molecule has 1 aliphatic heterocycles. The van der Waals surface area contributed by atoms with Crippen molar-refractivity contribution in [3.8, 4) is 11.5 Å². The van der Waals surface area contributed by atoms with Crippen LogP contribution < -0.4 is 14.8 Å². The number of hydrogen-bond donors (Lipinski definition) is 1. The quantitative estimate of drug-likeness (QED) is 0.903. The molecule has 0 radical (unpaired) electrons. The summed E-state index contributed by atoms with van der Waals surface area (Å²) in [5.74, 6) is 1.55.